The van der Waals surface area contributed by atoms with Crippen LogP contribution in [-0.4, -0.2) is 24.4 Å². The maximum atomic E-state index is 12.6. The number of hydrogen-bond donors (Lipinski definition) is 2. The Morgan fingerprint density at radius 2 is 1.73 bits per heavy atom. The van der Waals surface area contributed by atoms with E-state index in [1.807, 2.05) is 20.8 Å². The van der Waals surface area contributed by atoms with E-state index in [2.05, 4.69) is 14.7 Å². The first-order chi connectivity index (χ1) is 15.6. The first kappa shape index (κ1) is 22.7. The monoisotopic (exact) mass is 483 g/mol. The van der Waals surface area contributed by atoms with Crippen molar-refractivity contribution in [3.63, 3.8) is 0 Å². The van der Waals surface area contributed by atoms with Gasteiger partial charge in [-0.1, -0.05) is 17.7 Å². The number of aryl methyl sites for hydroxylation is 3. The number of hydrogen-bond acceptors (Lipinski definition) is 7. The zero-order valence-corrected chi connectivity index (χ0v) is 19.8. The van der Waals surface area contributed by atoms with Crippen LogP contribution in [0.15, 0.2) is 58.2 Å². The third-order valence-corrected chi connectivity index (χ3v) is 7.63. The van der Waals surface area contributed by atoms with Gasteiger partial charge in [0, 0.05) is 10.6 Å². The number of H-pyrrole nitrogens is 1. The van der Waals surface area contributed by atoms with E-state index in [-0.39, 0.29) is 28.4 Å². The van der Waals surface area contributed by atoms with Crippen LogP contribution in [-0.2, 0) is 21.4 Å². The molecule has 0 aliphatic heterocycles. The summed E-state index contributed by atoms with van der Waals surface area (Å²) in [5, 5.41) is 0.545. The van der Waals surface area contributed by atoms with E-state index in [1.54, 1.807) is 24.3 Å². The maximum Gasteiger partial charge on any atom is 0.338 e. The lowest BCUT2D eigenvalue weighted by Crippen LogP contribution is -2.15. The molecule has 0 saturated carbocycles. The molecule has 0 spiro atoms. The minimum absolute atomic E-state index is 0.0134. The van der Waals surface area contributed by atoms with Crippen LogP contribution in [0.4, 0.5) is 5.69 Å². The molecule has 2 aromatic carbocycles. The zero-order chi connectivity index (χ0) is 23.8. The number of ether oxygens (including phenoxy) is 1. The summed E-state index contributed by atoms with van der Waals surface area (Å²) in [5.74, 6) is -0.421. The lowest BCUT2D eigenvalue weighted by molar-refractivity contribution is 0.0462. The SMILES string of the molecule is Cc1ccc(NS(=O)(=O)c2ccc(C(=O)OCc3nc4sc(C)c(C)c4c(=O)[nH]3)cc2)cc1. The van der Waals surface area contributed by atoms with Crippen molar-refractivity contribution < 1.29 is 17.9 Å². The van der Waals surface area contributed by atoms with Gasteiger partial charge in [-0.05, 0) is 62.7 Å². The summed E-state index contributed by atoms with van der Waals surface area (Å²) in [6.07, 6.45) is 0. The fourth-order valence-electron chi connectivity index (χ4n) is 3.19. The molecule has 2 N–H and O–H groups in total. The highest BCUT2D eigenvalue weighted by molar-refractivity contribution is 7.92. The third kappa shape index (κ3) is 4.81. The standard InChI is InChI=1S/C23H21N3O5S2/c1-13-4-8-17(9-5-13)26-33(29,30)18-10-6-16(7-11-18)23(28)31-12-19-24-21(27)20-14(2)15(3)32-22(20)25-19/h4-11,26H,12H2,1-3H3,(H,24,25,27). The van der Waals surface area contributed by atoms with Gasteiger partial charge in [0.05, 0.1) is 15.8 Å². The van der Waals surface area contributed by atoms with Crippen molar-refractivity contribution >= 4 is 43.2 Å². The Bertz CT molecular complexity index is 1500. The van der Waals surface area contributed by atoms with Crippen LogP contribution in [0.25, 0.3) is 10.2 Å². The molecule has 0 bridgehead atoms. The quantitative estimate of drug-likeness (QED) is 0.399. The molecule has 0 fully saturated rings. The minimum Gasteiger partial charge on any atom is -0.454 e. The number of rotatable bonds is 6. The first-order valence-electron chi connectivity index (χ1n) is 9.99. The van der Waals surface area contributed by atoms with Gasteiger partial charge in [-0.3, -0.25) is 9.52 Å². The number of esters is 1. The Labute approximate surface area is 194 Å². The topological polar surface area (TPSA) is 118 Å². The smallest absolute Gasteiger partial charge is 0.338 e. The average Bonchev–Trinajstić information content (AvgIpc) is 3.07. The van der Waals surface area contributed by atoms with Crippen LogP contribution in [0.1, 0.15) is 32.2 Å². The van der Waals surface area contributed by atoms with Crippen LogP contribution < -0.4 is 10.3 Å². The Hall–Kier alpha value is -3.50. The van der Waals surface area contributed by atoms with Crippen molar-refractivity contribution in [2.45, 2.75) is 32.3 Å². The Morgan fingerprint density at radius 1 is 1.06 bits per heavy atom. The van der Waals surface area contributed by atoms with Gasteiger partial charge in [-0.2, -0.15) is 0 Å². The van der Waals surface area contributed by atoms with Gasteiger partial charge in [0.15, 0.2) is 0 Å². The second kappa shape index (κ2) is 8.80. The molecule has 10 heteroatoms. The summed E-state index contributed by atoms with van der Waals surface area (Å²) in [5.41, 5.74) is 2.25. The molecule has 8 nitrogen and oxygen atoms in total. The summed E-state index contributed by atoms with van der Waals surface area (Å²) in [6.45, 7) is 5.48. The van der Waals surface area contributed by atoms with E-state index < -0.39 is 16.0 Å². The molecular weight excluding hydrogens is 462 g/mol. The molecule has 33 heavy (non-hydrogen) atoms. The van der Waals surface area contributed by atoms with E-state index >= 15 is 0 Å². The Morgan fingerprint density at radius 3 is 2.39 bits per heavy atom. The van der Waals surface area contributed by atoms with Gasteiger partial charge in [0.2, 0.25) is 0 Å². The van der Waals surface area contributed by atoms with Crippen molar-refractivity contribution in [3.8, 4) is 0 Å². The van der Waals surface area contributed by atoms with Crippen molar-refractivity contribution in [2.75, 3.05) is 4.72 Å². The highest BCUT2D eigenvalue weighted by atomic mass is 32.2. The molecule has 0 unspecified atom stereocenters. The maximum absolute atomic E-state index is 12.6. The summed E-state index contributed by atoms with van der Waals surface area (Å²) in [7, 11) is -3.80. The number of anilines is 1. The van der Waals surface area contributed by atoms with Crippen LogP contribution in [0.2, 0.25) is 0 Å². The number of nitrogens with one attached hydrogen (secondary N) is 2. The lowest BCUT2D eigenvalue weighted by Gasteiger charge is -2.09. The van der Waals surface area contributed by atoms with Crippen LogP contribution in [0, 0.1) is 20.8 Å². The molecule has 0 aliphatic carbocycles. The molecule has 0 saturated heterocycles. The summed E-state index contributed by atoms with van der Waals surface area (Å²) in [6, 6.07) is 12.4. The van der Waals surface area contributed by atoms with Gasteiger partial charge in [0.1, 0.15) is 17.3 Å². The number of aromatic amines is 1. The van der Waals surface area contributed by atoms with E-state index in [4.69, 9.17) is 4.74 Å². The Balaban J connectivity index is 1.44. The number of thiophene rings is 1. The Kier molecular flexibility index (Phi) is 6.05. The molecule has 4 rings (SSSR count). The van der Waals surface area contributed by atoms with Gasteiger partial charge in [-0.15, -0.1) is 11.3 Å². The molecule has 2 aromatic heterocycles. The van der Waals surface area contributed by atoms with Gasteiger partial charge in [0.25, 0.3) is 15.6 Å². The van der Waals surface area contributed by atoms with Crippen molar-refractivity contribution in [1.82, 2.24) is 9.97 Å². The zero-order valence-electron chi connectivity index (χ0n) is 18.1. The molecule has 0 radical (unpaired) electrons. The molecule has 0 atom stereocenters. The second-order valence-electron chi connectivity index (χ2n) is 7.55. The van der Waals surface area contributed by atoms with E-state index in [0.717, 1.165) is 16.0 Å². The number of carbonyl (C=O) groups is 1. The minimum atomic E-state index is -3.80. The van der Waals surface area contributed by atoms with E-state index in [1.165, 1.54) is 35.6 Å². The number of aromatic nitrogens is 2. The normalized spacial score (nSPS) is 11.5. The average molecular weight is 484 g/mol. The van der Waals surface area contributed by atoms with Gasteiger partial charge >= 0.3 is 5.97 Å². The molecule has 0 aliphatic rings. The first-order valence-corrected chi connectivity index (χ1v) is 12.3. The third-order valence-electron chi connectivity index (χ3n) is 5.13. The van der Waals surface area contributed by atoms with Crippen LogP contribution in [0.5, 0.6) is 0 Å². The second-order valence-corrected chi connectivity index (χ2v) is 10.4. The van der Waals surface area contributed by atoms with Crippen LogP contribution in [0.3, 0.4) is 0 Å². The van der Waals surface area contributed by atoms with Crippen molar-refractivity contribution in [2.24, 2.45) is 0 Å². The number of benzene rings is 2. The molecular formula is C23H21N3O5S2. The van der Waals surface area contributed by atoms with Crippen molar-refractivity contribution in [3.05, 3.63) is 86.3 Å². The van der Waals surface area contributed by atoms with Gasteiger partial charge in [-0.25, -0.2) is 18.2 Å². The fourth-order valence-corrected chi connectivity index (χ4v) is 5.30. The number of carbonyl (C=O) groups excluding carboxylic acids is 1. The van der Waals surface area contributed by atoms with Crippen molar-refractivity contribution in [1.29, 1.82) is 0 Å². The number of fused-ring (bicyclic) bond motifs is 1. The summed E-state index contributed by atoms with van der Waals surface area (Å²) in [4.78, 5) is 33.4. The van der Waals surface area contributed by atoms with Crippen LogP contribution >= 0.6 is 11.3 Å². The highest BCUT2D eigenvalue weighted by Gasteiger charge is 2.17. The predicted molar refractivity (Wildman–Crippen MR) is 127 cm³/mol. The molecule has 2 heterocycles. The lowest BCUT2D eigenvalue weighted by atomic mass is 10.2. The molecule has 170 valence electrons. The van der Waals surface area contributed by atoms with E-state index in [9.17, 15) is 18.0 Å². The van der Waals surface area contributed by atoms with Gasteiger partial charge < -0.3 is 9.72 Å². The van der Waals surface area contributed by atoms with E-state index in [0.29, 0.717) is 15.9 Å². The molecule has 0 amide bonds. The number of sulfonamides is 1. The fraction of sp³-hybridized carbons (Fsp3) is 0.174. The predicted octanol–water partition coefficient (Wildman–Crippen LogP) is 4.07. The highest BCUT2D eigenvalue weighted by Crippen LogP contribution is 2.25. The summed E-state index contributed by atoms with van der Waals surface area (Å²) < 4.78 is 32.9. The summed E-state index contributed by atoms with van der Waals surface area (Å²) >= 11 is 1.41. The largest absolute Gasteiger partial charge is 0.454 e. The number of nitrogens with zero attached hydrogens (tertiary/aromatic N) is 1. The molecule has 4 aromatic rings.